The Morgan fingerprint density at radius 2 is 1.67 bits per heavy atom. The predicted octanol–water partition coefficient (Wildman–Crippen LogP) is 4.68. The number of carbonyl (C=O) groups excluding carboxylic acids is 3. The molecule has 2 rings (SSSR count). The first kappa shape index (κ1) is 25.4. The van der Waals surface area contributed by atoms with Crippen molar-refractivity contribution in [2.45, 2.75) is 33.0 Å². The number of rotatable bonds is 7. The average Bonchev–Trinajstić information content (AvgIpc) is 2.71. The van der Waals surface area contributed by atoms with E-state index in [0.717, 1.165) is 19.2 Å². The van der Waals surface area contributed by atoms with Crippen LogP contribution >= 0.6 is 0 Å². The van der Waals surface area contributed by atoms with Crippen molar-refractivity contribution >= 4 is 29.3 Å². The molecule has 2 aromatic rings. The van der Waals surface area contributed by atoms with Crippen molar-refractivity contribution in [1.29, 1.82) is 0 Å². The highest BCUT2D eigenvalue weighted by Gasteiger charge is 2.22. The molecule has 178 valence electrons. The topological polar surface area (TPSA) is 112 Å². The number of ether oxygens (including phenoxy) is 4. The number of hydrogen-bond donors (Lipinski definition) is 2. The van der Waals surface area contributed by atoms with Crippen LogP contribution in [0.5, 0.6) is 11.5 Å². The lowest BCUT2D eigenvalue weighted by atomic mass is 10.1. The molecule has 11 heteroatoms. The zero-order valence-electron chi connectivity index (χ0n) is 18.7. The van der Waals surface area contributed by atoms with Crippen LogP contribution < -0.4 is 20.1 Å². The lowest BCUT2D eigenvalue weighted by Crippen LogP contribution is -2.27. The molecule has 9 nitrogen and oxygen atoms in total. The van der Waals surface area contributed by atoms with Gasteiger partial charge in [-0.05, 0) is 39.0 Å². The zero-order chi connectivity index (χ0) is 24.8. The molecule has 2 aromatic carbocycles. The summed E-state index contributed by atoms with van der Waals surface area (Å²) in [7, 11) is 2.33. The summed E-state index contributed by atoms with van der Waals surface area (Å²) in [5.74, 6) is -2.08. The number of halogens is 2. The van der Waals surface area contributed by atoms with Crippen LogP contribution in [0.2, 0.25) is 0 Å². The summed E-state index contributed by atoms with van der Waals surface area (Å²) in [6.07, 6.45) is -0.711. The summed E-state index contributed by atoms with van der Waals surface area (Å²) in [5, 5.41) is 4.97. The van der Waals surface area contributed by atoms with Gasteiger partial charge in [-0.15, -0.1) is 0 Å². The maximum atomic E-state index is 12.8. The van der Waals surface area contributed by atoms with Gasteiger partial charge in [0.25, 0.3) is 5.91 Å². The van der Waals surface area contributed by atoms with Gasteiger partial charge in [0, 0.05) is 23.4 Å². The van der Waals surface area contributed by atoms with Crippen LogP contribution in [-0.2, 0) is 9.47 Å². The highest BCUT2D eigenvalue weighted by atomic mass is 19.3. The minimum Gasteiger partial charge on any atom is -0.493 e. The SMILES string of the molecule is COC(=O)c1cc(OC)c(OC(F)F)cc1NC(=O)c1cccc(NC(=O)OC(C)(C)C)c1. The Morgan fingerprint density at radius 3 is 2.24 bits per heavy atom. The largest absolute Gasteiger partial charge is 0.493 e. The lowest BCUT2D eigenvalue weighted by Gasteiger charge is -2.19. The lowest BCUT2D eigenvalue weighted by molar-refractivity contribution is -0.0511. The van der Waals surface area contributed by atoms with Gasteiger partial charge in [0.2, 0.25) is 0 Å². The summed E-state index contributed by atoms with van der Waals surface area (Å²) in [4.78, 5) is 36.9. The second-order valence-corrected chi connectivity index (χ2v) is 7.58. The van der Waals surface area contributed by atoms with Crippen molar-refractivity contribution in [1.82, 2.24) is 0 Å². The summed E-state index contributed by atoms with van der Waals surface area (Å²) in [6, 6.07) is 8.02. The third-order valence-electron chi connectivity index (χ3n) is 3.94. The van der Waals surface area contributed by atoms with Gasteiger partial charge in [0.05, 0.1) is 25.5 Å². The van der Waals surface area contributed by atoms with Gasteiger partial charge in [-0.25, -0.2) is 9.59 Å². The van der Waals surface area contributed by atoms with E-state index in [9.17, 15) is 23.2 Å². The molecule has 2 amide bonds. The van der Waals surface area contributed by atoms with Crippen LogP contribution in [0.3, 0.4) is 0 Å². The Labute approximate surface area is 189 Å². The van der Waals surface area contributed by atoms with Crippen molar-refractivity contribution in [3.8, 4) is 11.5 Å². The molecular weight excluding hydrogens is 442 g/mol. The van der Waals surface area contributed by atoms with Crippen molar-refractivity contribution in [3.05, 3.63) is 47.5 Å². The maximum absolute atomic E-state index is 12.8. The van der Waals surface area contributed by atoms with Crippen molar-refractivity contribution < 1.29 is 42.1 Å². The molecule has 0 aromatic heterocycles. The standard InChI is InChI=1S/C22H24F2N2O7/c1-22(2,3)33-21(29)25-13-8-6-7-12(9-13)18(27)26-15-11-17(32-20(23)24)16(30-4)10-14(15)19(28)31-5/h6-11,20H,1-5H3,(H,25,29)(H,26,27). The first-order chi connectivity index (χ1) is 15.4. The summed E-state index contributed by atoms with van der Waals surface area (Å²) in [5.41, 5.74) is -0.621. The molecule has 0 aliphatic carbocycles. The van der Waals surface area contributed by atoms with Crippen LogP contribution in [-0.4, -0.2) is 44.4 Å². The van der Waals surface area contributed by atoms with Crippen molar-refractivity contribution in [2.75, 3.05) is 24.9 Å². The third kappa shape index (κ3) is 7.34. The van der Waals surface area contributed by atoms with Gasteiger partial charge in [0.1, 0.15) is 5.60 Å². The number of alkyl halides is 2. The average molecular weight is 466 g/mol. The monoisotopic (exact) mass is 466 g/mol. The minimum absolute atomic E-state index is 0.103. The van der Waals surface area contributed by atoms with E-state index in [0.29, 0.717) is 0 Å². The van der Waals surface area contributed by atoms with E-state index < -0.39 is 35.9 Å². The number of carbonyl (C=O) groups is 3. The molecule has 0 saturated heterocycles. The Balaban J connectivity index is 2.33. The number of nitrogens with one attached hydrogen (secondary N) is 2. The van der Waals surface area contributed by atoms with E-state index >= 15 is 0 Å². The number of esters is 1. The fourth-order valence-corrected chi connectivity index (χ4v) is 2.64. The van der Waals surface area contributed by atoms with Gasteiger partial charge in [-0.1, -0.05) is 6.07 Å². The molecule has 0 radical (unpaired) electrons. The number of hydrogen-bond acceptors (Lipinski definition) is 7. The van der Waals surface area contributed by atoms with E-state index in [1.165, 1.54) is 25.3 Å². The normalized spacial score (nSPS) is 10.9. The molecule has 0 heterocycles. The van der Waals surface area contributed by atoms with Crippen LogP contribution in [0.1, 0.15) is 41.5 Å². The molecule has 0 aliphatic rings. The maximum Gasteiger partial charge on any atom is 0.412 e. The van der Waals surface area contributed by atoms with Gasteiger partial charge in [-0.3, -0.25) is 10.1 Å². The highest BCUT2D eigenvalue weighted by Crippen LogP contribution is 2.35. The quantitative estimate of drug-likeness (QED) is 0.570. The Morgan fingerprint density at radius 1 is 0.970 bits per heavy atom. The van der Waals surface area contributed by atoms with Gasteiger partial charge < -0.3 is 24.3 Å². The molecule has 0 aliphatic heterocycles. The van der Waals surface area contributed by atoms with E-state index in [-0.39, 0.29) is 28.3 Å². The molecule has 0 saturated carbocycles. The highest BCUT2D eigenvalue weighted by molar-refractivity contribution is 6.09. The zero-order valence-corrected chi connectivity index (χ0v) is 18.7. The minimum atomic E-state index is -3.16. The van der Waals surface area contributed by atoms with E-state index in [1.807, 2.05) is 0 Å². The number of benzene rings is 2. The number of anilines is 2. The van der Waals surface area contributed by atoms with Gasteiger partial charge in [-0.2, -0.15) is 8.78 Å². The first-order valence-electron chi connectivity index (χ1n) is 9.60. The Hall–Kier alpha value is -3.89. The summed E-state index contributed by atoms with van der Waals surface area (Å²) >= 11 is 0. The Bertz CT molecular complexity index is 1040. The number of methoxy groups -OCH3 is 2. The van der Waals surface area contributed by atoms with Crippen molar-refractivity contribution in [3.63, 3.8) is 0 Å². The molecule has 0 atom stereocenters. The second-order valence-electron chi connectivity index (χ2n) is 7.58. The fraction of sp³-hybridized carbons (Fsp3) is 0.318. The summed E-state index contributed by atoms with van der Waals surface area (Å²) in [6.45, 7) is 1.95. The number of amides is 2. The molecule has 0 unspecified atom stereocenters. The molecule has 2 N–H and O–H groups in total. The summed E-state index contributed by atoms with van der Waals surface area (Å²) < 4.78 is 44.8. The first-order valence-corrected chi connectivity index (χ1v) is 9.60. The predicted molar refractivity (Wildman–Crippen MR) is 115 cm³/mol. The molecule has 0 fully saturated rings. The van der Waals surface area contributed by atoms with Crippen LogP contribution in [0.4, 0.5) is 25.0 Å². The van der Waals surface area contributed by atoms with Gasteiger partial charge >= 0.3 is 18.7 Å². The van der Waals surface area contributed by atoms with Gasteiger partial charge in [0.15, 0.2) is 11.5 Å². The smallest absolute Gasteiger partial charge is 0.412 e. The molecule has 0 bridgehead atoms. The van der Waals surface area contributed by atoms with Crippen molar-refractivity contribution in [2.24, 2.45) is 0 Å². The van der Waals surface area contributed by atoms with E-state index in [4.69, 9.17) is 14.2 Å². The van der Waals surface area contributed by atoms with E-state index in [2.05, 4.69) is 15.4 Å². The van der Waals surface area contributed by atoms with Crippen LogP contribution in [0, 0.1) is 0 Å². The van der Waals surface area contributed by atoms with E-state index in [1.54, 1.807) is 26.8 Å². The molecule has 33 heavy (non-hydrogen) atoms. The Kier molecular flexibility index (Phi) is 8.16. The fourth-order valence-electron chi connectivity index (χ4n) is 2.64. The van der Waals surface area contributed by atoms with Crippen LogP contribution in [0.15, 0.2) is 36.4 Å². The third-order valence-corrected chi connectivity index (χ3v) is 3.94. The molecule has 0 spiro atoms. The second kappa shape index (κ2) is 10.6. The van der Waals surface area contributed by atoms with Crippen LogP contribution in [0.25, 0.3) is 0 Å². The molecular formula is C22H24F2N2O7.